The van der Waals surface area contributed by atoms with Crippen LogP contribution in [0.5, 0.6) is 0 Å². The Bertz CT molecular complexity index is 2900. The number of allylic oxidation sites excluding steroid dienone is 4. The molecule has 5 aromatic carbocycles. The fourth-order valence-electron chi connectivity index (χ4n) is 13.7. The minimum absolute atomic E-state index is 0. The molecule has 0 N–H and O–H groups in total. The van der Waals surface area contributed by atoms with Gasteiger partial charge in [-0.05, 0) is 161 Å². The van der Waals surface area contributed by atoms with Crippen LogP contribution in [-0.4, -0.2) is 56.6 Å². The van der Waals surface area contributed by atoms with E-state index in [0.717, 1.165) is 76.2 Å². The first-order valence-electron chi connectivity index (χ1n) is 32.4. The monoisotopic (exact) mass is 1380 g/mol. The first-order chi connectivity index (χ1) is 41.6. The Morgan fingerprint density at radius 1 is 0.533 bits per heavy atom. The minimum atomic E-state index is -2.60. The van der Waals surface area contributed by atoms with Crippen molar-refractivity contribution in [3.05, 3.63) is 210 Å². The van der Waals surface area contributed by atoms with Crippen molar-refractivity contribution in [2.75, 3.05) is 0 Å². The Balaban J connectivity index is 0.000000326. The van der Waals surface area contributed by atoms with Crippen molar-refractivity contribution in [3.8, 4) is 0 Å². The third kappa shape index (κ3) is 21.6. The van der Waals surface area contributed by atoms with Gasteiger partial charge in [-0.3, -0.25) is 9.59 Å². The van der Waals surface area contributed by atoms with E-state index in [-0.39, 0.29) is 54.5 Å². The summed E-state index contributed by atoms with van der Waals surface area (Å²) in [7, 11) is 6.18. The summed E-state index contributed by atoms with van der Waals surface area (Å²) >= 11 is -1.61. The number of hydrogen-bond donors (Lipinski definition) is 0. The molecule has 496 valence electrons. The second kappa shape index (κ2) is 35.3. The van der Waals surface area contributed by atoms with E-state index in [0.29, 0.717) is 24.7 Å². The molecular formula is C79H112Cl2O6RuSi2-2. The number of hydrogen-bond acceptors (Lipinski definition) is 6. The summed E-state index contributed by atoms with van der Waals surface area (Å²) in [6.07, 6.45) is 24.0. The molecule has 0 aromatic heterocycles. The Labute approximate surface area is 562 Å². The van der Waals surface area contributed by atoms with Crippen molar-refractivity contribution < 1.29 is 41.4 Å². The van der Waals surface area contributed by atoms with E-state index in [1.165, 1.54) is 40.0 Å². The van der Waals surface area contributed by atoms with E-state index in [1.807, 2.05) is 88.6 Å². The van der Waals surface area contributed by atoms with E-state index in [2.05, 4.69) is 188 Å². The molecule has 4 atom stereocenters. The summed E-state index contributed by atoms with van der Waals surface area (Å²) in [5.74, 6) is 0.932. The van der Waals surface area contributed by atoms with Crippen LogP contribution in [0, 0.1) is 37.5 Å². The predicted molar refractivity (Wildman–Crippen MR) is 388 cm³/mol. The molecule has 90 heavy (non-hydrogen) atoms. The summed E-state index contributed by atoms with van der Waals surface area (Å²) in [5, 5.41) is 5.30. The van der Waals surface area contributed by atoms with E-state index >= 15 is 0 Å². The Morgan fingerprint density at radius 3 is 1.22 bits per heavy atom. The van der Waals surface area contributed by atoms with Crippen molar-refractivity contribution in [2.45, 2.75) is 219 Å². The molecule has 8 rings (SSSR count). The second-order valence-electron chi connectivity index (χ2n) is 29.1. The molecular weight excluding hydrogens is 1270 g/mol. The molecule has 0 spiro atoms. The van der Waals surface area contributed by atoms with Crippen LogP contribution >= 0.6 is 19.4 Å². The van der Waals surface area contributed by atoms with E-state index in [9.17, 15) is 9.59 Å². The van der Waals surface area contributed by atoms with Crippen LogP contribution < -0.4 is 20.7 Å². The number of esters is 2. The number of benzene rings is 5. The van der Waals surface area contributed by atoms with Gasteiger partial charge in [0.15, 0.2) is 0 Å². The average molecular weight is 1390 g/mol. The number of carbonyl (C=O) groups is 2. The molecule has 0 aliphatic heterocycles. The van der Waals surface area contributed by atoms with Crippen LogP contribution in [0.1, 0.15) is 191 Å². The summed E-state index contributed by atoms with van der Waals surface area (Å²) in [5.41, 5.74) is -0.857. The van der Waals surface area contributed by atoms with Crippen molar-refractivity contribution in [1.82, 2.24) is 0 Å². The molecule has 3 aliphatic rings. The van der Waals surface area contributed by atoms with Gasteiger partial charge in [0.1, 0.15) is 11.2 Å². The molecule has 0 bridgehead atoms. The van der Waals surface area contributed by atoms with Gasteiger partial charge in [0, 0.05) is 12.2 Å². The van der Waals surface area contributed by atoms with Crippen LogP contribution in [0.4, 0.5) is 0 Å². The maximum absolute atomic E-state index is 13.5. The van der Waals surface area contributed by atoms with Gasteiger partial charge in [-0.15, -0.1) is 13.2 Å². The first-order valence-corrected chi connectivity index (χ1v) is 41.7. The predicted octanol–water partition coefficient (Wildman–Crippen LogP) is 19.6. The molecule has 4 unspecified atom stereocenters. The summed E-state index contributed by atoms with van der Waals surface area (Å²) in [4.78, 5) is 26.7. The fraction of sp³-hybridized carbons (Fsp3) is 0.481. The quantitative estimate of drug-likeness (QED) is 0.0316. The molecule has 11 heteroatoms. The number of rotatable bonds is 21. The third-order valence-electron chi connectivity index (χ3n) is 18.0. The van der Waals surface area contributed by atoms with Gasteiger partial charge in [-0.25, -0.2) is 0 Å². The normalized spacial score (nSPS) is 18.7. The van der Waals surface area contributed by atoms with Gasteiger partial charge in [-0.2, -0.15) is 0 Å². The summed E-state index contributed by atoms with van der Waals surface area (Å²) < 4.78 is 28.7. The average Bonchev–Trinajstić information content (AvgIpc) is 0.876. The molecule has 0 heterocycles. The molecule has 2 fully saturated rings. The number of carbonyl (C=O) groups excluding carboxylic acids is 2. The molecule has 0 radical (unpaired) electrons. The van der Waals surface area contributed by atoms with E-state index in [4.69, 9.17) is 37.7 Å². The molecule has 0 amide bonds. The zero-order chi connectivity index (χ0) is 64.3. The van der Waals surface area contributed by atoms with Crippen LogP contribution in [-0.2, 0) is 41.4 Å². The Morgan fingerprint density at radius 2 is 0.889 bits per heavy atom. The number of ether oxygens (including phenoxy) is 2. The van der Waals surface area contributed by atoms with Crippen LogP contribution in [0.15, 0.2) is 189 Å². The fourth-order valence-corrected chi connectivity index (χ4v) is 25.0. The van der Waals surface area contributed by atoms with Gasteiger partial charge >= 0.3 is 85.3 Å². The van der Waals surface area contributed by atoms with Crippen molar-refractivity contribution in [1.29, 1.82) is 0 Å². The zero-order valence-corrected chi connectivity index (χ0v) is 62.7. The van der Waals surface area contributed by atoms with Crippen LogP contribution in [0.25, 0.3) is 0 Å². The zero-order valence-electron chi connectivity index (χ0n) is 57.4. The van der Waals surface area contributed by atoms with Crippen molar-refractivity contribution in [2.24, 2.45) is 22.7 Å². The van der Waals surface area contributed by atoms with E-state index in [1.54, 1.807) is 0 Å². The van der Waals surface area contributed by atoms with Crippen molar-refractivity contribution >= 4 is 73.3 Å². The van der Waals surface area contributed by atoms with Crippen molar-refractivity contribution in [3.63, 3.8) is 0 Å². The topological polar surface area (TPSA) is 71.1 Å². The molecule has 5 aromatic rings. The first kappa shape index (κ1) is 78.1. The molecule has 2 saturated carbocycles. The van der Waals surface area contributed by atoms with Gasteiger partial charge < -0.3 is 33.2 Å². The van der Waals surface area contributed by atoms with Crippen LogP contribution in [0.2, 0.25) is 10.1 Å². The molecule has 0 saturated heterocycles. The maximum atomic E-state index is 13.5. The summed E-state index contributed by atoms with van der Waals surface area (Å²) in [6, 6.07) is 53.7. The van der Waals surface area contributed by atoms with Crippen LogP contribution in [0.3, 0.4) is 0 Å². The van der Waals surface area contributed by atoms with Gasteiger partial charge in [-0.1, -0.05) is 213 Å². The summed E-state index contributed by atoms with van der Waals surface area (Å²) in [6.45, 7) is 33.8. The second-order valence-corrected chi connectivity index (χ2v) is 43.3. The third-order valence-corrected chi connectivity index (χ3v) is 30.0. The van der Waals surface area contributed by atoms with Gasteiger partial charge in [0.2, 0.25) is 0 Å². The van der Waals surface area contributed by atoms with Gasteiger partial charge in [0.05, 0.1) is 10.8 Å². The SMILES string of the molecule is C=CCC(CC=C)(CCC1CCCC(O[Si](c2ccccc2)(c2ccccc2)C(C)(C)C)C1)C(=O)OC(C)(C)C.CC(C)(C)OC(=O)C1(CCC2CCCC(O[Si](c3ccccc3)(c3ccccc3)C(C)(C)C)C2)CC=CC1.[CH3-].[CH3-].[Cl][Ru]([Cl])=[CH]c1ccccc1. The number of halogens is 2. The Hall–Kier alpha value is -4.31. The standard InChI is InChI=1S/C36H52O3Si.C34H48O3Si.C7H6.2CH3.2ClH.Ru/c1-9-25-36(26-10-2,33(37)38-34(3,4)5)27-24-29-18-17-19-30(28-29)39-40(35(6,7)8,31-20-13-11-14-21-31)32-22-15-12-16-23-32;1-32(2,3)36-31(35)34(23-13-14-24-34)25-22-27-16-15-17-28(26-27)37-38(33(4,5)6,29-18-9-7-10-19-29)30-20-11-8-12-21-30;1-7-5-3-2-4-6-7;;;;;/h9-16,20-23,29-30H,1-2,17-19,24-28H2,3-8H3;7-14,18-21,27-28H,15-17,22-26H2,1-6H3;1-6H;2*1H3;2*1H;/q;;;2*-1;;;+2/p-2. The van der Waals surface area contributed by atoms with Gasteiger partial charge in [0.25, 0.3) is 16.6 Å². The van der Waals surface area contributed by atoms with E-state index < -0.39 is 46.8 Å². The molecule has 3 aliphatic carbocycles. The molecule has 6 nitrogen and oxygen atoms in total. The Kier molecular flexibility index (Phi) is 30.6.